The summed E-state index contributed by atoms with van der Waals surface area (Å²) in [6, 6.07) is 2.74. The second kappa shape index (κ2) is 4.71. The number of thiophene rings is 1. The standard InChI is InChI=1S/C11H15NOS/c13-11(3-5-12-10-1-2-10)7-9-4-6-14-8-9/h4,6,8,10,12H,1-3,5,7H2. The summed E-state index contributed by atoms with van der Waals surface area (Å²) in [5.74, 6) is 0.344. The zero-order valence-electron chi connectivity index (χ0n) is 8.16. The molecule has 14 heavy (non-hydrogen) atoms. The summed E-state index contributed by atoms with van der Waals surface area (Å²) in [7, 11) is 0. The molecule has 0 aromatic carbocycles. The lowest BCUT2D eigenvalue weighted by molar-refractivity contribution is -0.118. The predicted molar refractivity (Wildman–Crippen MR) is 58.7 cm³/mol. The lowest BCUT2D eigenvalue weighted by atomic mass is 10.1. The van der Waals surface area contributed by atoms with Gasteiger partial charge in [0.2, 0.25) is 0 Å². The van der Waals surface area contributed by atoms with Crippen molar-refractivity contribution in [1.82, 2.24) is 5.32 Å². The van der Waals surface area contributed by atoms with E-state index in [9.17, 15) is 4.79 Å². The Morgan fingerprint density at radius 3 is 3.07 bits per heavy atom. The Labute approximate surface area is 88.3 Å². The van der Waals surface area contributed by atoms with Crippen LogP contribution in [0.3, 0.4) is 0 Å². The first-order valence-electron chi connectivity index (χ1n) is 5.11. The van der Waals surface area contributed by atoms with Crippen LogP contribution < -0.4 is 5.32 Å². The van der Waals surface area contributed by atoms with Crippen LogP contribution in [0, 0.1) is 0 Å². The molecule has 1 saturated carbocycles. The summed E-state index contributed by atoms with van der Waals surface area (Å²) in [5, 5.41) is 7.42. The van der Waals surface area contributed by atoms with Gasteiger partial charge in [0.1, 0.15) is 5.78 Å². The number of hydrogen-bond donors (Lipinski definition) is 1. The molecule has 0 saturated heterocycles. The normalized spacial score (nSPS) is 15.7. The van der Waals surface area contributed by atoms with Crippen molar-refractivity contribution in [3.8, 4) is 0 Å². The minimum absolute atomic E-state index is 0.344. The molecule has 1 fully saturated rings. The van der Waals surface area contributed by atoms with E-state index < -0.39 is 0 Å². The van der Waals surface area contributed by atoms with Crippen molar-refractivity contribution in [2.45, 2.75) is 31.7 Å². The molecule has 2 nitrogen and oxygen atoms in total. The molecule has 0 amide bonds. The van der Waals surface area contributed by atoms with Crippen LogP contribution in [-0.4, -0.2) is 18.4 Å². The first-order chi connectivity index (χ1) is 6.84. The quantitative estimate of drug-likeness (QED) is 0.776. The van der Waals surface area contributed by atoms with Crippen LogP contribution in [0.1, 0.15) is 24.8 Å². The Hall–Kier alpha value is -0.670. The number of hydrogen-bond acceptors (Lipinski definition) is 3. The van der Waals surface area contributed by atoms with Gasteiger partial charge in [0.05, 0.1) is 0 Å². The number of rotatable bonds is 6. The van der Waals surface area contributed by atoms with Crippen LogP contribution in [0.15, 0.2) is 16.8 Å². The van der Waals surface area contributed by atoms with E-state index >= 15 is 0 Å². The fourth-order valence-corrected chi connectivity index (χ4v) is 2.08. The van der Waals surface area contributed by atoms with Gasteiger partial charge in [-0.15, -0.1) is 0 Å². The van der Waals surface area contributed by atoms with E-state index in [4.69, 9.17) is 0 Å². The van der Waals surface area contributed by atoms with E-state index in [2.05, 4.69) is 5.32 Å². The van der Waals surface area contributed by atoms with Gasteiger partial charge >= 0.3 is 0 Å². The maximum atomic E-state index is 11.5. The van der Waals surface area contributed by atoms with E-state index in [0.29, 0.717) is 24.7 Å². The maximum Gasteiger partial charge on any atom is 0.138 e. The van der Waals surface area contributed by atoms with Gasteiger partial charge in [-0.3, -0.25) is 4.79 Å². The zero-order chi connectivity index (χ0) is 9.80. The van der Waals surface area contributed by atoms with Crippen LogP contribution in [0.2, 0.25) is 0 Å². The minimum atomic E-state index is 0.344. The molecule has 1 heterocycles. The molecule has 1 aliphatic carbocycles. The third-order valence-electron chi connectivity index (χ3n) is 2.40. The molecule has 0 atom stereocenters. The summed E-state index contributed by atoms with van der Waals surface area (Å²) in [5.41, 5.74) is 1.16. The van der Waals surface area contributed by atoms with E-state index in [1.807, 2.05) is 16.8 Å². The molecular formula is C11H15NOS. The number of carbonyl (C=O) groups excluding carboxylic acids is 1. The minimum Gasteiger partial charge on any atom is -0.314 e. The highest BCUT2D eigenvalue weighted by Gasteiger charge is 2.19. The van der Waals surface area contributed by atoms with E-state index in [1.54, 1.807) is 11.3 Å². The smallest absolute Gasteiger partial charge is 0.138 e. The molecule has 0 spiro atoms. The molecule has 1 aromatic heterocycles. The van der Waals surface area contributed by atoms with Crippen molar-refractivity contribution in [3.05, 3.63) is 22.4 Å². The van der Waals surface area contributed by atoms with Crippen molar-refractivity contribution in [3.63, 3.8) is 0 Å². The number of nitrogens with one attached hydrogen (secondary N) is 1. The summed E-state index contributed by atoms with van der Waals surface area (Å²) in [4.78, 5) is 11.5. The van der Waals surface area contributed by atoms with Gasteiger partial charge in [-0.2, -0.15) is 11.3 Å². The molecular weight excluding hydrogens is 194 g/mol. The third kappa shape index (κ3) is 3.24. The Morgan fingerprint density at radius 1 is 1.57 bits per heavy atom. The lowest BCUT2D eigenvalue weighted by Crippen LogP contribution is -2.20. The Kier molecular flexibility index (Phi) is 3.32. The number of Topliss-reactive ketones (excluding diaryl/α,β-unsaturated/α-hetero) is 1. The van der Waals surface area contributed by atoms with Crippen molar-refractivity contribution >= 4 is 17.1 Å². The first-order valence-corrected chi connectivity index (χ1v) is 6.05. The Morgan fingerprint density at radius 2 is 2.43 bits per heavy atom. The van der Waals surface area contributed by atoms with Crippen molar-refractivity contribution < 1.29 is 4.79 Å². The summed E-state index contributed by atoms with van der Waals surface area (Å²) in [6.07, 6.45) is 3.86. The van der Waals surface area contributed by atoms with E-state index in [-0.39, 0.29) is 0 Å². The largest absolute Gasteiger partial charge is 0.314 e. The number of ketones is 1. The lowest BCUT2D eigenvalue weighted by Gasteiger charge is -2.01. The predicted octanol–water partition coefficient (Wildman–Crippen LogP) is 2.00. The fourth-order valence-electron chi connectivity index (χ4n) is 1.41. The third-order valence-corrected chi connectivity index (χ3v) is 3.13. The number of carbonyl (C=O) groups is 1. The molecule has 2 rings (SSSR count). The molecule has 1 aromatic rings. The van der Waals surface area contributed by atoms with Gasteiger partial charge in [-0.25, -0.2) is 0 Å². The average Bonchev–Trinajstić information content (AvgIpc) is 2.83. The fraction of sp³-hybridized carbons (Fsp3) is 0.545. The molecule has 0 aliphatic heterocycles. The summed E-state index contributed by atoms with van der Waals surface area (Å²) < 4.78 is 0. The highest BCUT2D eigenvalue weighted by molar-refractivity contribution is 7.07. The molecule has 0 unspecified atom stereocenters. The van der Waals surface area contributed by atoms with Crippen molar-refractivity contribution in [2.75, 3.05) is 6.54 Å². The maximum absolute atomic E-state index is 11.5. The molecule has 76 valence electrons. The first kappa shape index (κ1) is 9.87. The topological polar surface area (TPSA) is 29.1 Å². The highest BCUT2D eigenvalue weighted by atomic mass is 32.1. The van der Waals surface area contributed by atoms with E-state index in [0.717, 1.165) is 12.1 Å². The molecule has 1 N–H and O–H groups in total. The van der Waals surface area contributed by atoms with Crippen LogP contribution in [0.4, 0.5) is 0 Å². The van der Waals surface area contributed by atoms with Gasteiger partial charge in [-0.1, -0.05) is 0 Å². The summed E-state index contributed by atoms with van der Waals surface area (Å²) >= 11 is 1.65. The van der Waals surface area contributed by atoms with Crippen LogP contribution in [0.5, 0.6) is 0 Å². The van der Waals surface area contributed by atoms with Gasteiger partial charge in [-0.05, 0) is 35.2 Å². The molecule has 3 heteroatoms. The van der Waals surface area contributed by atoms with Gasteiger partial charge in [0.25, 0.3) is 0 Å². The van der Waals surface area contributed by atoms with Gasteiger partial charge < -0.3 is 5.32 Å². The second-order valence-electron chi connectivity index (χ2n) is 3.83. The Bertz CT molecular complexity index is 290. The molecule has 0 bridgehead atoms. The summed E-state index contributed by atoms with van der Waals surface area (Å²) in [6.45, 7) is 0.855. The van der Waals surface area contributed by atoms with Crippen LogP contribution in [-0.2, 0) is 11.2 Å². The van der Waals surface area contributed by atoms with E-state index in [1.165, 1.54) is 12.8 Å². The molecule has 1 aliphatic rings. The van der Waals surface area contributed by atoms with Crippen LogP contribution >= 0.6 is 11.3 Å². The zero-order valence-corrected chi connectivity index (χ0v) is 8.98. The van der Waals surface area contributed by atoms with Crippen molar-refractivity contribution in [2.24, 2.45) is 0 Å². The monoisotopic (exact) mass is 209 g/mol. The molecule has 0 radical (unpaired) electrons. The van der Waals surface area contributed by atoms with Crippen molar-refractivity contribution in [1.29, 1.82) is 0 Å². The Balaban J connectivity index is 1.62. The second-order valence-corrected chi connectivity index (χ2v) is 4.61. The SMILES string of the molecule is O=C(CCNC1CC1)Cc1ccsc1. The average molecular weight is 209 g/mol. The van der Waals surface area contributed by atoms with Gasteiger partial charge in [0.15, 0.2) is 0 Å². The highest BCUT2D eigenvalue weighted by Crippen LogP contribution is 2.18. The van der Waals surface area contributed by atoms with Crippen LogP contribution in [0.25, 0.3) is 0 Å². The van der Waals surface area contributed by atoms with Gasteiger partial charge in [0, 0.05) is 25.4 Å².